The van der Waals surface area contributed by atoms with Crippen LogP contribution in [0.4, 0.5) is 0 Å². The second-order valence-corrected chi connectivity index (χ2v) is 5.45. The summed E-state index contributed by atoms with van der Waals surface area (Å²) in [5, 5.41) is 3.61. The number of carbonyl (C=O) groups is 2. The first-order chi connectivity index (χ1) is 10.3. The molecule has 0 radical (unpaired) electrons. The molecule has 22 heavy (non-hydrogen) atoms. The van der Waals surface area contributed by atoms with E-state index in [1.165, 1.54) is 11.6 Å². The highest BCUT2D eigenvalue weighted by atomic mass is 16.6. The van der Waals surface area contributed by atoms with Gasteiger partial charge in [-0.2, -0.15) is 0 Å². The van der Waals surface area contributed by atoms with Gasteiger partial charge in [0.1, 0.15) is 0 Å². The molecule has 0 saturated carbocycles. The minimum Gasteiger partial charge on any atom is -0.451 e. The molecule has 0 bridgehead atoms. The number of ketones is 1. The lowest BCUT2D eigenvalue weighted by molar-refractivity contribution is 0.0435. The van der Waals surface area contributed by atoms with Gasteiger partial charge in [-0.05, 0) is 62.9 Å². The largest absolute Gasteiger partial charge is 0.451 e. The number of carbonyl (C=O) groups excluding carboxylic acids is 2. The van der Waals surface area contributed by atoms with Gasteiger partial charge in [-0.3, -0.25) is 4.79 Å². The van der Waals surface area contributed by atoms with Crippen molar-refractivity contribution in [1.29, 1.82) is 0 Å². The Kier molecular flexibility index (Phi) is 4.45. The maximum Gasteiger partial charge on any atom is 0.377 e. The zero-order valence-electron chi connectivity index (χ0n) is 13.4. The summed E-state index contributed by atoms with van der Waals surface area (Å²) < 4.78 is 9.81. The Bertz CT molecular complexity index is 743. The highest BCUT2D eigenvalue weighted by Crippen LogP contribution is 2.21. The Morgan fingerprint density at radius 1 is 1.05 bits per heavy atom. The molecule has 0 aliphatic heterocycles. The monoisotopic (exact) mass is 301 g/mol. The molecule has 0 aliphatic rings. The number of rotatable bonds is 4. The van der Waals surface area contributed by atoms with Gasteiger partial charge in [-0.1, -0.05) is 5.16 Å². The molecule has 5 heteroatoms. The molecule has 0 amide bonds. The zero-order chi connectivity index (χ0) is 16.4. The Hall–Kier alpha value is -2.43. The van der Waals surface area contributed by atoms with E-state index in [0.29, 0.717) is 11.3 Å². The Morgan fingerprint density at radius 2 is 1.73 bits per heavy atom. The third-order valence-corrected chi connectivity index (χ3v) is 3.95. The van der Waals surface area contributed by atoms with Gasteiger partial charge in [0, 0.05) is 11.6 Å². The summed E-state index contributed by atoms with van der Waals surface area (Å²) in [6, 6.07) is 3.31. The SMILES string of the molecule is Cc1cc(C(=O)OCC(=O)c2cc(C)c(C)c(C)c2C)on1. The lowest BCUT2D eigenvalue weighted by atomic mass is 9.93. The number of Topliss-reactive ketones (excluding diaryl/α,β-unsaturated/α-hetero) is 1. The molecule has 0 atom stereocenters. The first-order valence-corrected chi connectivity index (χ1v) is 7.02. The predicted octanol–water partition coefficient (Wildman–Crippen LogP) is 3.26. The molecule has 0 aliphatic carbocycles. The second kappa shape index (κ2) is 6.13. The van der Waals surface area contributed by atoms with Gasteiger partial charge in [0.2, 0.25) is 11.5 Å². The van der Waals surface area contributed by atoms with Gasteiger partial charge in [-0.15, -0.1) is 0 Å². The van der Waals surface area contributed by atoms with Crippen LogP contribution in [0.2, 0.25) is 0 Å². The van der Waals surface area contributed by atoms with Crippen molar-refractivity contribution < 1.29 is 18.8 Å². The number of hydrogen-bond donors (Lipinski definition) is 0. The third-order valence-electron chi connectivity index (χ3n) is 3.95. The Balaban J connectivity index is 2.12. The average Bonchev–Trinajstić information content (AvgIpc) is 2.92. The van der Waals surface area contributed by atoms with Crippen LogP contribution in [-0.2, 0) is 4.74 Å². The zero-order valence-corrected chi connectivity index (χ0v) is 13.4. The van der Waals surface area contributed by atoms with E-state index in [1.807, 2.05) is 33.8 Å². The van der Waals surface area contributed by atoms with Crippen molar-refractivity contribution in [3.05, 3.63) is 51.4 Å². The van der Waals surface area contributed by atoms with E-state index >= 15 is 0 Å². The number of hydrogen-bond acceptors (Lipinski definition) is 5. The van der Waals surface area contributed by atoms with Crippen molar-refractivity contribution in [3.8, 4) is 0 Å². The predicted molar refractivity (Wildman–Crippen MR) is 81.2 cm³/mol. The van der Waals surface area contributed by atoms with Gasteiger partial charge in [0.15, 0.2) is 6.61 Å². The fraction of sp³-hybridized carbons (Fsp3) is 0.353. The molecular formula is C17H19NO4. The quantitative estimate of drug-likeness (QED) is 0.640. The first kappa shape index (κ1) is 15.9. The minimum absolute atomic E-state index is 0.00158. The molecule has 116 valence electrons. The van der Waals surface area contributed by atoms with Gasteiger partial charge < -0.3 is 9.26 Å². The molecule has 1 aromatic carbocycles. The van der Waals surface area contributed by atoms with Crippen LogP contribution in [0.1, 0.15) is 48.9 Å². The summed E-state index contributed by atoms with van der Waals surface area (Å²) in [6.07, 6.45) is 0. The topological polar surface area (TPSA) is 69.4 Å². The van der Waals surface area contributed by atoms with Crippen LogP contribution in [0.25, 0.3) is 0 Å². The van der Waals surface area contributed by atoms with E-state index in [1.54, 1.807) is 6.92 Å². The Morgan fingerprint density at radius 3 is 2.32 bits per heavy atom. The molecule has 2 aromatic rings. The molecule has 0 N–H and O–H groups in total. The minimum atomic E-state index is -0.688. The maximum absolute atomic E-state index is 12.3. The summed E-state index contributed by atoms with van der Waals surface area (Å²) in [6.45, 7) is 9.25. The van der Waals surface area contributed by atoms with E-state index in [2.05, 4.69) is 5.16 Å². The van der Waals surface area contributed by atoms with Gasteiger partial charge in [-0.25, -0.2) is 4.79 Å². The normalized spacial score (nSPS) is 10.6. The fourth-order valence-corrected chi connectivity index (χ4v) is 2.24. The number of aryl methyl sites for hydroxylation is 2. The van der Waals surface area contributed by atoms with Gasteiger partial charge in [0.05, 0.1) is 5.69 Å². The van der Waals surface area contributed by atoms with Crippen molar-refractivity contribution in [2.75, 3.05) is 6.61 Å². The van der Waals surface area contributed by atoms with Crippen LogP contribution >= 0.6 is 0 Å². The van der Waals surface area contributed by atoms with Crippen LogP contribution in [0, 0.1) is 34.6 Å². The van der Waals surface area contributed by atoms with Crippen LogP contribution in [-0.4, -0.2) is 23.5 Å². The maximum atomic E-state index is 12.3. The van der Waals surface area contributed by atoms with Crippen molar-refractivity contribution >= 4 is 11.8 Å². The molecule has 0 unspecified atom stereocenters. The summed E-state index contributed by atoms with van der Waals surface area (Å²) in [7, 11) is 0. The lowest BCUT2D eigenvalue weighted by Crippen LogP contribution is -2.16. The van der Waals surface area contributed by atoms with E-state index < -0.39 is 5.97 Å². The van der Waals surface area contributed by atoms with Gasteiger partial charge >= 0.3 is 5.97 Å². The second-order valence-electron chi connectivity index (χ2n) is 5.45. The van der Waals surface area contributed by atoms with E-state index in [4.69, 9.17) is 9.26 Å². The first-order valence-electron chi connectivity index (χ1n) is 7.02. The highest BCUT2D eigenvalue weighted by Gasteiger charge is 2.18. The Labute approximate surface area is 129 Å². The van der Waals surface area contributed by atoms with Crippen molar-refractivity contribution in [2.24, 2.45) is 0 Å². The van der Waals surface area contributed by atoms with E-state index in [0.717, 1.165) is 16.7 Å². The third kappa shape index (κ3) is 3.08. The van der Waals surface area contributed by atoms with Crippen LogP contribution in [0.3, 0.4) is 0 Å². The number of ether oxygens (including phenoxy) is 1. The number of esters is 1. The standard InChI is InChI=1S/C17H19NO4/c1-9-6-14(13(5)12(4)11(9)3)15(19)8-21-17(20)16-7-10(2)18-22-16/h6-7H,8H2,1-5H3. The smallest absolute Gasteiger partial charge is 0.377 e. The number of aromatic nitrogens is 1. The number of benzene rings is 1. The highest BCUT2D eigenvalue weighted by molar-refractivity contribution is 6.00. The van der Waals surface area contributed by atoms with Crippen LogP contribution in [0.15, 0.2) is 16.7 Å². The molecule has 0 spiro atoms. The van der Waals surface area contributed by atoms with Crippen LogP contribution < -0.4 is 0 Å². The summed E-state index contributed by atoms with van der Waals surface area (Å²) in [4.78, 5) is 24.1. The van der Waals surface area contributed by atoms with Crippen molar-refractivity contribution in [2.45, 2.75) is 34.6 Å². The van der Waals surface area contributed by atoms with E-state index in [-0.39, 0.29) is 18.2 Å². The fourth-order valence-electron chi connectivity index (χ4n) is 2.24. The van der Waals surface area contributed by atoms with Gasteiger partial charge in [0.25, 0.3) is 0 Å². The van der Waals surface area contributed by atoms with Crippen molar-refractivity contribution in [1.82, 2.24) is 5.16 Å². The molecule has 0 fully saturated rings. The molecule has 5 nitrogen and oxygen atoms in total. The summed E-state index contributed by atoms with van der Waals surface area (Å²) in [5.41, 5.74) is 5.38. The van der Waals surface area contributed by atoms with E-state index in [9.17, 15) is 9.59 Å². The molecule has 2 rings (SSSR count). The van der Waals surface area contributed by atoms with Crippen molar-refractivity contribution in [3.63, 3.8) is 0 Å². The molecular weight excluding hydrogens is 282 g/mol. The molecule has 0 saturated heterocycles. The average molecular weight is 301 g/mol. The summed E-state index contributed by atoms with van der Waals surface area (Å²) >= 11 is 0. The lowest BCUT2D eigenvalue weighted by Gasteiger charge is -2.13. The van der Waals surface area contributed by atoms with Crippen LogP contribution in [0.5, 0.6) is 0 Å². The molecule has 1 aromatic heterocycles. The summed E-state index contributed by atoms with van der Waals surface area (Å²) in [5.74, 6) is -0.918. The number of nitrogens with zero attached hydrogens (tertiary/aromatic N) is 1. The molecule has 1 heterocycles.